The highest BCUT2D eigenvalue weighted by Gasteiger charge is 2.37. The molecule has 0 aromatic heterocycles. The van der Waals surface area contributed by atoms with Crippen molar-refractivity contribution in [1.29, 1.82) is 0 Å². The van der Waals surface area contributed by atoms with E-state index in [0.717, 1.165) is 13.0 Å². The second kappa shape index (κ2) is 6.31. The Bertz CT molecular complexity index is 337. The van der Waals surface area contributed by atoms with Crippen LogP contribution in [-0.2, 0) is 19.1 Å². The summed E-state index contributed by atoms with van der Waals surface area (Å²) in [7, 11) is 0. The van der Waals surface area contributed by atoms with Gasteiger partial charge in [-0.2, -0.15) is 0 Å². The molecule has 0 aromatic rings. The molecule has 0 aromatic carbocycles. The average Bonchev–Trinajstić information content (AvgIpc) is 2.35. The summed E-state index contributed by atoms with van der Waals surface area (Å²) in [5.74, 6) is -4.77. The van der Waals surface area contributed by atoms with E-state index in [-0.39, 0.29) is 0 Å². The molecule has 102 valence electrons. The van der Waals surface area contributed by atoms with Crippen LogP contribution in [0, 0.1) is 5.92 Å². The zero-order valence-corrected chi connectivity index (χ0v) is 9.54. The lowest BCUT2D eigenvalue weighted by Gasteiger charge is -2.23. The summed E-state index contributed by atoms with van der Waals surface area (Å²) in [5, 5.41) is 29.3. The number of hydrogen-bond donors (Lipinski definition) is 4. The predicted molar refractivity (Wildman–Crippen MR) is 56.8 cm³/mol. The van der Waals surface area contributed by atoms with Gasteiger partial charge in [0.15, 0.2) is 6.10 Å². The lowest BCUT2D eigenvalue weighted by atomic mass is 10.00. The fourth-order valence-corrected chi connectivity index (χ4v) is 1.65. The van der Waals surface area contributed by atoms with Crippen LogP contribution in [0.4, 0.5) is 0 Å². The van der Waals surface area contributed by atoms with E-state index >= 15 is 0 Å². The van der Waals surface area contributed by atoms with Crippen LogP contribution in [0.15, 0.2) is 0 Å². The summed E-state index contributed by atoms with van der Waals surface area (Å²) in [4.78, 5) is 32.8. The normalized spacial score (nSPS) is 22.8. The van der Waals surface area contributed by atoms with Crippen molar-refractivity contribution in [2.75, 3.05) is 13.1 Å². The number of carbonyl (C=O) groups is 3. The van der Waals surface area contributed by atoms with Crippen molar-refractivity contribution in [2.45, 2.75) is 25.0 Å². The summed E-state index contributed by atoms with van der Waals surface area (Å²) in [6, 6.07) is 0. The Hall–Kier alpha value is -1.67. The first-order chi connectivity index (χ1) is 8.43. The second-order valence-corrected chi connectivity index (χ2v) is 4.02. The highest BCUT2D eigenvalue weighted by Crippen LogP contribution is 2.14. The van der Waals surface area contributed by atoms with Crippen LogP contribution in [-0.4, -0.2) is 58.5 Å². The number of piperidine rings is 1. The number of carboxylic acid groups (broad SMARTS) is 2. The molecule has 0 spiro atoms. The Kier molecular flexibility index (Phi) is 5.05. The quantitative estimate of drug-likeness (QED) is 0.436. The zero-order valence-electron chi connectivity index (χ0n) is 9.54. The van der Waals surface area contributed by atoms with Gasteiger partial charge in [-0.3, -0.25) is 4.79 Å². The molecule has 0 saturated carbocycles. The van der Waals surface area contributed by atoms with Gasteiger partial charge in [-0.15, -0.1) is 0 Å². The van der Waals surface area contributed by atoms with Crippen LogP contribution in [0.25, 0.3) is 0 Å². The topological polar surface area (TPSA) is 133 Å². The van der Waals surface area contributed by atoms with Gasteiger partial charge in [0.1, 0.15) is 0 Å². The first kappa shape index (κ1) is 14.4. The summed E-state index contributed by atoms with van der Waals surface area (Å²) >= 11 is 0. The lowest BCUT2D eigenvalue weighted by molar-refractivity contribution is -0.181. The molecule has 1 aliphatic rings. The number of aliphatic hydroxyl groups excluding tert-OH is 1. The molecule has 0 radical (unpaired) electrons. The van der Waals surface area contributed by atoms with Crippen LogP contribution in [0.1, 0.15) is 12.8 Å². The summed E-state index contributed by atoms with van der Waals surface area (Å²) < 4.78 is 4.57. The maximum atomic E-state index is 11.6. The molecule has 18 heavy (non-hydrogen) atoms. The molecule has 8 nitrogen and oxygen atoms in total. The highest BCUT2D eigenvalue weighted by molar-refractivity contribution is 5.86. The SMILES string of the molecule is O=C(OC(C(=O)O)C(O)C(=O)O)C1CCCNC1. The molecular weight excluding hydrogens is 246 g/mol. The van der Waals surface area contributed by atoms with Crippen molar-refractivity contribution in [3.05, 3.63) is 0 Å². The number of aliphatic carboxylic acids is 2. The molecule has 0 aliphatic carbocycles. The lowest BCUT2D eigenvalue weighted by Crippen LogP contribution is -2.45. The molecular formula is C10H15NO7. The van der Waals surface area contributed by atoms with E-state index in [1.54, 1.807) is 0 Å². The van der Waals surface area contributed by atoms with Crippen LogP contribution < -0.4 is 5.32 Å². The molecule has 0 amide bonds. The van der Waals surface area contributed by atoms with Gasteiger partial charge in [0, 0.05) is 6.54 Å². The maximum absolute atomic E-state index is 11.6. The van der Waals surface area contributed by atoms with E-state index in [0.29, 0.717) is 13.0 Å². The summed E-state index contributed by atoms with van der Waals surface area (Å²) in [5.41, 5.74) is 0. The number of hydrogen-bond acceptors (Lipinski definition) is 6. The van der Waals surface area contributed by atoms with E-state index in [9.17, 15) is 14.4 Å². The highest BCUT2D eigenvalue weighted by atomic mass is 16.6. The van der Waals surface area contributed by atoms with Crippen molar-refractivity contribution in [3.63, 3.8) is 0 Å². The summed E-state index contributed by atoms with van der Waals surface area (Å²) in [6.07, 6.45) is -3.07. The molecule has 0 bridgehead atoms. The summed E-state index contributed by atoms with van der Waals surface area (Å²) in [6.45, 7) is 1.12. The van der Waals surface area contributed by atoms with Gasteiger partial charge in [0.2, 0.25) is 6.10 Å². The van der Waals surface area contributed by atoms with E-state index in [1.165, 1.54) is 0 Å². The Morgan fingerprint density at radius 3 is 2.33 bits per heavy atom. The van der Waals surface area contributed by atoms with Crippen LogP contribution in [0.5, 0.6) is 0 Å². The molecule has 1 heterocycles. The van der Waals surface area contributed by atoms with Crippen molar-refractivity contribution >= 4 is 17.9 Å². The molecule has 1 aliphatic heterocycles. The molecule has 3 atom stereocenters. The second-order valence-electron chi connectivity index (χ2n) is 4.02. The van der Waals surface area contributed by atoms with Crippen molar-refractivity contribution in [1.82, 2.24) is 5.32 Å². The fourth-order valence-electron chi connectivity index (χ4n) is 1.65. The Morgan fingerprint density at radius 2 is 1.89 bits per heavy atom. The molecule has 8 heteroatoms. The van der Waals surface area contributed by atoms with Gasteiger partial charge < -0.3 is 25.4 Å². The largest absolute Gasteiger partial charge is 0.479 e. The van der Waals surface area contributed by atoms with Gasteiger partial charge in [-0.25, -0.2) is 9.59 Å². The molecule has 1 fully saturated rings. The van der Waals surface area contributed by atoms with Crippen LogP contribution in [0.3, 0.4) is 0 Å². The number of aliphatic hydroxyl groups is 1. The minimum absolute atomic E-state index is 0.355. The number of ether oxygens (including phenoxy) is 1. The maximum Gasteiger partial charge on any atom is 0.348 e. The van der Waals surface area contributed by atoms with Crippen molar-refractivity contribution in [3.8, 4) is 0 Å². The van der Waals surface area contributed by atoms with Crippen LogP contribution in [0.2, 0.25) is 0 Å². The van der Waals surface area contributed by atoms with E-state index < -0.39 is 36.0 Å². The minimum atomic E-state index is -2.28. The monoisotopic (exact) mass is 261 g/mol. The average molecular weight is 261 g/mol. The standard InChI is InChI=1S/C10H15NO7/c12-6(8(13)14)7(9(15)16)18-10(17)5-2-1-3-11-4-5/h5-7,11-12H,1-4H2,(H,13,14)(H,15,16). The molecule has 1 saturated heterocycles. The predicted octanol–water partition coefficient (Wildman–Crippen LogP) is -1.57. The Morgan fingerprint density at radius 1 is 1.22 bits per heavy atom. The first-order valence-electron chi connectivity index (χ1n) is 5.48. The third-order valence-electron chi connectivity index (χ3n) is 2.66. The van der Waals surface area contributed by atoms with Crippen molar-refractivity contribution in [2.24, 2.45) is 5.92 Å². The molecule has 1 rings (SSSR count). The Labute approximate surface area is 103 Å². The molecule has 3 unspecified atom stereocenters. The number of esters is 1. The zero-order chi connectivity index (χ0) is 13.7. The van der Waals surface area contributed by atoms with Gasteiger partial charge >= 0.3 is 17.9 Å². The van der Waals surface area contributed by atoms with E-state index in [4.69, 9.17) is 15.3 Å². The first-order valence-corrected chi connectivity index (χ1v) is 5.48. The minimum Gasteiger partial charge on any atom is -0.479 e. The number of rotatable bonds is 5. The third-order valence-corrected chi connectivity index (χ3v) is 2.66. The van der Waals surface area contributed by atoms with Crippen molar-refractivity contribution < 1.29 is 34.4 Å². The van der Waals surface area contributed by atoms with Gasteiger partial charge in [-0.1, -0.05) is 0 Å². The fraction of sp³-hybridized carbons (Fsp3) is 0.700. The number of carboxylic acids is 2. The number of nitrogens with one attached hydrogen (secondary N) is 1. The smallest absolute Gasteiger partial charge is 0.348 e. The van der Waals surface area contributed by atoms with Crippen LogP contribution >= 0.6 is 0 Å². The Balaban J connectivity index is 2.62. The van der Waals surface area contributed by atoms with Gasteiger partial charge in [0.25, 0.3) is 0 Å². The molecule has 4 N–H and O–H groups in total. The van der Waals surface area contributed by atoms with Gasteiger partial charge in [-0.05, 0) is 19.4 Å². The van der Waals surface area contributed by atoms with Gasteiger partial charge in [0.05, 0.1) is 5.92 Å². The number of carbonyl (C=O) groups excluding carboxylic acids is 1. The third kappa shape index (κ3) is 3.67. The van der Waals surface area contributed by atoms with E-state index in [1.807, 2.05) is 0 Å². The van der Waals surface area contributed by atoms with E-state index in [2.05, 4.69) is 10.1 Å².